The molecule has 6 heteroatoms. The summed E-state index contributed by atoms with van der Waals surface area (Å²) >= 11 is 1.38. The molecule has 0 unspecified atom stereocenters. The number of anilines is 1. The first-order chi connectivity index (χ1) is 15.4. The quantitative estimate of drug-likeness (QED) is 0.378. The Hall–Kier alpha value is -3.38. The zero-order valence-corrected chi connectivity index (χ0v) is 19.5. The molecular weight excluding hydrogens is 416 g/mol. The first-order valence-corrected chi connectivity index (χ1v) is 11.5. The van der Waals surface area contributed by atoms with Crippen LogP contribution in [0.1, 0.15) is 22.3 Å². The number of nitrogens with zero attached hydrogens (tertiary/aromatic N) is 3. The number of hydrogen-bond acceptors (Lipinski definition) is 4. The van der Waals surface area contributed by atoms with E-state index >= 15 is 0 Å². The molecule has 0 aliphatic rings. The number of aromatic nitrogens is 3. The Morgan fingerprint density at radius 3 is 2.38 bits per heavy atom. The van der Waals surface area contributed by atoms with Crippen molar-refractivity contribution in [1.29, 1.82) is 0 Å². The summed E-state index contributed by atoms with van der Waals surface area (Å²) in [4.78, 5) is 12.7. The largest absolute Gasteiger partial charge is 0.325 e. The van der Waals surface area contributed by atoms with Crippen LogP contribution < -0.4 is 5.32 Å². The number of amides is 1. The summed E-state index contributed by atoms with van der Waals surface area (Å²) in [6.07, 6.45) is 0. The van der Waals surface area contributed by atoms with Crippen LogP contribution in [0.25, 0.3) is 17.1 Å². The molecule has 3 aromatic carbocycles. The fourth-order valence-electron chi connectivity index (χ4n) is 3.42. The van der Waals surface area contributed by atoms with Crippen molar-refractivity contribution in [3.63, 3.8) is 0 Å². The van der Waals surface area contributed by atoms with Gasteiger partial charge in [0, 0.05) is 11.3 Å². The van der Waals surface area contributed by atoms with E-state index in [0.29, 0.717) is 5.16 Å². The predicted octanol–water partition coefficient (Wildman–Crippen LogP) is 5.90. The van der Waals surface area contributed by atoms with E-state index in [2.05, 4.69) is 47.6 Å². The van der Waals surface area contributed by atoms with Crippen molar-refractivity contribution in [2.75, 3.05) is 11.1 Å². The maximum Gasteiger partial charge on any atom is 0.234 e. The minimum Gasteiger partial charge on any atom is -0.325 e. The van der Waals surface area contributed by atoms with Crippen molar-refractivity contribution >= 4 is 23.4 Å². The molecule has 0 saturated heterocycles. The van der Waals surface area contributed by atoms with E-state index in [9.17, 15) is 4.79 Å². The smallest absolute Gasteiger partial charge is 0.234 e. The van der Waals surface area contributed by atoms with E-state index in [-0.39, 0.29) is 11.7 Å². The molecule has 4 rings (SSSR count). The highest BCUT2D eigenvalue weighted by Crippen LogP contribution is 2.29. The first kappa shape index (κ1) is 21.8. The zero-order chi connectivity index (χ0) is 22.7. The van der Waals surface area contributed by atoms with Crippen LogP contribution in [0, 0.1) is 27.7 Å². The zero-order valence-electron chi connectivity index (χ0n) is 18.7. The Bertz CT molecular complexity index is 1260. The molecule has 32 heavy (non-hydrogen) atoms. The average molecular weight is 443 g/mol. The second-order valence-corrected chi connectivity index (χ2v) is 8.87. The van der Waals surface area contributed by atoms with Crippen LogP contribution in [0.4, 0.5) is 5.69 Å². The van der Waals surface area contributed by atoms with Crippen LogP contribution in [-0.2, 0) is 4.79 Å². The number of hydrogen-bond donors (Lipinski definition) is 1. The van der Waals surface area contributed by atoms with E-state index < -0.39 is 0 Å². The van der Waals surface area contributed by atoms with Crippen molar-refractivity contribution < 1.29 is 4.79 Å². The average Bonchev–Trinajstić information content (AvgIpc) is 3.21. The molecule has 0 aliphatic heterocycles. The van der Waals surface area contributed by atoms with Gasteiger partial charge in [-0.15, -0.1) is 10.2 Å². The summed E-state index contributed by atoms with van der Waals surface area (Å²) in [7, 11) is 0. The Morgan fingerprint density at radius 1 is 0.875 bits per heavy atom. The van der Waals surface area contributed by atoms with Crippen LogP contribution in [0.2, 0.25) is 0 Å². The highest BCUT2D eigenvalue weighted by Gasteiger charge is 2.18. The topological polar surface area (TPSA) is 59.8 Å². The van der Waals surface area contributed by atoms with Crippen LogP contribution >= 0.6 is 11.8 Å². The number of rotatable bonds is 6. The van der Waals surface area contributed by atoms with Crippen LogP contribution in [-0.4, -0.2) is 26.4 Å². The third kappa shape index (κ3) is 4.75. The summed E-state index contributed by atoms with van der Waals surface area (Å²) < 4.78 is 2.03. The second-order valence-electron chi connectivity index (χ2n) is 7.93. The summed E-state index contributed by atoms with van der Waals surface area (Å²) in [5.41, 5.74) is 7.37. The van der Waals surface area contributed by atoms with Crippen LogP contribution in [0.3, 0.4) is 0 Å². The van der Waals surface area contributed by atoms with Crippen molar-refractivity contribution in [2.24, 2.45) is 0 Å². The summed E-state index contributed by atoms with van der Waals surface area (Å²) in [5.74, 6) is 0.927. The van der Waals surface area contributed by atoms with Crippen molar-refractivity contribution in [3.8, 4) is 17.1 Å². The lowest BCUT2D eigenvalue weighted by Gasteiger charge is -2.13. The molecule has 0 atom stereocenters. The second kappa shape index (κ2) is 9.40. The molecular formula is C26H26N4OS. The van der Waals surface area contributed by atoms with Gasteiger partial charge in [-0.25, -0.2) is 0 Å². The monoisotopic (exact) mass is 442 g/mol. The van der Waals surface area contributed by atoms with E-state index in [1.807, 2.05) is 66.9 Å². The van der Waals surface area contributed by atoms with Gasteiger partial charge >= 0.3 is 0 Å². The van der Waals surface area contributed by atoms with Crippen molar-refractivity contribution in [3.05, 3.63) is 89.0 Å². The van der Waals surface area contributed by atoms with Gasteiger partial charge in [0.15, 0.2) is 11.0 Å². The Balaban J connectivity index is 1.62. The molecule has 1 N–H and O–H groups in total. The highest BCUT2D eigenvalue weighted by molar-refractivity contribution is 7.99. The summed E-state index contributed by atoms with van der Waals surface area (Å²) in [5, 5.41) is 12.6. The SMILES string of the molecule is Cc1ccc(C)c(NC(=O)CSc2nnc(-c3ccccc3)n2-c2ccc(C)c(C)c2)c1. The number of carbonyl (C=O) groups excluding carboxylic acids is 1. The maximum atomic E-state index is 12.7. The Kier molecular flexibility index (Phi) is 6.42. The van der Waals surface area contributed by atoms with Gasteiger partial charge in [0.05, 0.1) is 11.4 Å². The van der Waals surface area contributed by atoms with E-state index in [1.54, 1.807) is 0 Å². The Labute approximate surface area is 192 Å². The lowest BCUT2D eigenvalue weighted by molar-refractivity contribution is -0.113. The molecule has 5 nitrogen and oxygen atoms in total. The van der Waals surface area contributed by atoms with E-state index in [1.165, 1.54) is 22.9 Å². The lowest BCUT2D eigenvalue weighted by atomic mass is 10.1. The number of carbonyl (C=O) groups is 1. The third-order valence-electron chi connectivity index (χ3n) is 5.41. The van der Waals surface area contributed by atoms with Crippen molar-refractivity contribution in [2.45, 2.75) is 32.9 Å². The van der Waals surface area contributed by atoms with Crippen molar-refractivity contribution in [1.82, 2.24) is 14.8 Å². The standard InChI is InChI=1S/C26H26N4OS/c1-17-10-11-19(3)23(14-17)27-24(31)16-32-26-29-28-25(21-8-6-5-7-9-21)30(26)22-13-12-18(2)20(4)15-22/h5-15H,16H2,1-4H3,(H,27,31). The van der Waals surface area contributed by atoms with E-state index in [0.717, 1.165) is 33.9 Å². The van der Waals surface area contributed by atoms with Gasteiger partial charge in [0.2, 0.25) is 5.91 Å². The number of nitrogens with one attached hydrogen (secondary N) is 1. The number of thioether (sulfide) groups is 1. The fraction of sp³-hybridized carbons (Fsp3) is 0.192. The van der Waals surface area contributed by atoms with Gasteiger partial charge in [-0.3, -0.25) is 9.36 Å². The highest BCUT2D eigenvalue weighted by atomic mass is 32.2. The van der Waals surface area contributed by atoms with Crippen LogP contribution in [0.15, 0.2) is 71.9 Å². The molecule has 1 heterocycles. The van der Waals surface area contributed by atoms with Gasteiger partial charge in [-0.05, 0) is 68.1 Å². The van der Waals surface area contributed by atoms with Gasteiger partial charge < -0.3 is 5.32 Å². The predicted molar refractivity (Wildman–Crippen MR) is 132 cm³/mol. The molecule has 1 amide bonds. The molecule has 0 aliphatic carbocycles. The van der Waals surface area contributed by atoms with Gasteiger partial charge in [0.25, 0.3) is 0 Å². The number of benzene rings is 3. The van der Waals surface area contributed by atoms with Crippen LogP contribution in [0.5, 0.6) is 0 Å². The lowest BCUT2D eigenvalue weighted by Crippen LogP contribution is -2.15. The summed E-state index contributed by atoms with van der Waals surface area (Å²) in [6, 6.07) is 22.3. The molecule has 0 fully saturated rings. The van der Waals surface area contributed by atoms with Gasteiger partial charge in [-0.1, -0.05) is 60.3 Å². The first-order valence-electron chi connectivity index (χ1n) is 10.5. The van der Waals surface area contributed by atoms with Gasteiger partial charge in [0.1, 0.15) is 0 Å². The molecule has 0 saturated carbocycles. The third-order valence-corrected chi connectivity index (χ3v) is 6.34. The molecule has 0 spiro atoms. The normalized spacial score (nSPS) is 10.9. The minimum atomic E-state index is -0.0698. The molecule has 0 bridgehead atoms. The molecule has 0 radical (unpaired) electrons. The fourth-order valence-corrected chi connectivity index (χ4v) is 4.17. The molecule has 1 aromatic heterocycles. The molecule has 4 aromatic rings. The van der Waals surface area contributed by atoms with E-state index in [4.69, 9.17) is 0 Å². The molecule has 162 valence electrons. The minimum absolute atomic E-state index is 0.0698. The maximum absolute atomic E-state index is 12.7. The number of aryl methyl sites for hydroxylation is 4. The van der Waals surface area contributed by atoms with Gasteiger partial charge in [-0.2, -0.15) is 0 Å². The summed E-state index contributed by atoms with van der Waals surface area (Å²) in [6.45, 7) is 8.19. The Morgan fingerprint density at radius 2 is 1.62 bits per heavy atom.